The average molecular weight is 228 g/mol. The third-order valence-electron chi connectivity index (χ3n) is 5.02. The van der Waals surface area contributed by atoms with Gasteiger partial charge in [0.1, 0.15) is 0 Å². The Morgan fingerprint density at radius 3 is 1.53 bits per heavy atom. The SMILES string of the molecule is CC(C)c1cc(C2(C)CC2)cc(C2(C)CC2)c1. The van der Waals surface area contributed by atoms with Crippen molar-refractivity contribution in [2.24, 2.45) is 0 Å². The molecule has 2 aliphatic rings. The van der Waals surface area contributed by atoms with Gasteiger partial charge in [-0.05, 0) is 59.1 Å². The maximum Gasteiger partial charge on any atom is -0.00744 e. The van der Waals surface area contributed by atoms with Crippen LogP contribution in [0.3, 0.4) is 0 Å². The molecule has 17 heavy (non-hydrogen) atoms. The van der Waals surface area contributed by atoms with Crippen molar-refractivity contribution in [1.29, 1.82) is 0 Å². The Morgan fingerprint density at radius 1 is 0.824 bits per heavy atom. The highest BCUT2D eigenvalue weighted by Gasteiger charge is 2.43. The maximum absolute atomic E-state index is 2.51. The van der Waals surface area contributed by atoms with Crippen molar-refractivity contribution < 1.29 is 0 Å². The lowest BCUT2D eigenvalue weighted by molar-refractivity contribution is 0.743. The first kappa shape index (κ1) is 11.3. The smallest absolute Gasteiger partial charge is 0.00744 e. The minimum atomic E-state index is 0.505. The number of rotatable bonds is 3. The van der Waals surface area contributed by atoms with Crippen molar-refractivity contribution in [1.82, 2.24) is 0 Å². The van der Waals surface area contributed by atoms with Gasteiger partial charge in [-0.3, -0.25) is 0 Å². The summed E-state index contributed by atoms with van der Waals surface area (Å²) >= 11 is 0. The van der Waals surface area contributed by atoms with Gasteiger partial charge in [-0.1, -0.05) is 45.9 Å². The summed E-state index contributed by atoms with van der Waals surface area (Å²) in [5.41, 5.74) is 5.76. The molecular weight excluding hydrogens is 204 g/mol. The zero-order chi connectivity index (χ0) is 12.3. The first-order valence-corrected chi connectivity index (χ1v) is 7.09. The van der Waals surface area contributed by atoms with E-state index in [1.807, 2.05) is 0 Å². The molecule has 0 N–H and O–H groups in total. The van der Waals surface area contributed by atoms with Crippen molar-refractivity contribution in [3.63, 3.8) is 0 Å². The molecule has 0 saturated heterocycles. The molecule has 0 amide bonds. The normalized spacial score (nSPS) is 23.8. The minimum absolute atomic E-state index is 0.505. The molecular formula is C17H24. The van der Waals surface area contributed by atoms with E-state index >= 15 is 0 Å². The van der Waals surface area contributed by atoms with Crippen molar-refractivity contribution >= 4 is 0 Å². The van der Waals surface area contributed by atoms with Crippen LogP contribution in [0.1, 0.15) is 76.0 Å². The van der Waals surface area contributed by atoms with Gasteiger partial charge >= 0.3 is 0 Å². The molecule has 0 nitrogen and oxygen atoms in total. The molecule has 92 valence electrons. The van der Waals surface area contributed by atoms with Gasteiger partial charge < -0.3 is 0 Å². The van der Waals surface area contributed by atoms with Crippen LogP contribution in [0, 0.1) is 0 Å². The van der Waals surface area contributed by atoms with E-state index in [1.54, 1.807) is 16.7 Å². The van der Waals surface area contributed by atoms with E-state index in [9.17, 15) is 0 Å². The van der Waals surface area contributed by atoms with Gasteiger partial charge in [0.25, 0.3) is 0 Å². The zero-order valence-corrected chi connectivity index (χ0v) is 11.6. The van der Waals surface area contributed by atoms with E-state index in [-0.39, 0.29) is 0 Å². The van der Waals surface area contributed by atoms with E-state index in [0.29, 0.717) is 16.7 Å². The molecule has 0 aromatic heterocycles. The molecule has 0 unspecified atom stereocenters. The van der Waals surface area contributed by atoms with Crippen LogP contribution in [0.25, 0.3) is 0 Å². The molecule has 0 heteroatoms. The summed E-state index contributed by atoms with van der Waals surface area (Å²) < 4.78 is 0. The highest BCUT2D eigenvalue weighted by atomic mass is 14.5. The lowest BCUT2D eigenvalue weighted by Gasteiger charge is -2.19. The summed E-state index contributed by atoms with van der Waals surface area (Å²) in [4.78, 5) is 0. The number of benzene rings is 1. The molecule has 0 aliphatic heterocycles. The Labute approximate surface area is 105 Å². The number of hydrogen-bond acceptors (Lipinski definition) is 0. The van der Waals surface area contributed by atoms with E-state index in [2.05, 4.69) is 45.9 Å². The summed E-state index contributed by atoms with van der Waals surface area (Å²) in [6.07, 6.45) is 5.52. The summed E-state index contributed by atoms with van der Waals surface area (Å²) in [5.74, 6) is 0.651. The van der Waals surface area contributed by atoms with Crippen LogP contribution in [-0.2, 0) is 10.8 Å². The van der Waals surface area contributed by atoms with E-state index in [0.717, 1.165) is 0 Å². The Kier molecular flexibility index (Phi) is 2.24. The fraction of sp³-hybridized carbons (Fsp3) is 0.647. The second kappa shape index (κ2) is 3.37. The lowest BCUT2D eigenvalue weighted by atomic mass is 9.86. The predicted octanol–water partition coefficient (Wildman–Crippen LogP) is 4.91. The highest BCUT2D eigenvalue weighted by molar-refractivity contribution is 5.43. The van der Waals surface area contributed by atoms with Crippen LogP contribution in [0.4, 0.5) is 0 Å². The van der Waals surface area contributed by atoms with E-state index in [1.165, 1.54) is 25.7 Å². The molecule has 3 rings (SSSR count). The van der Waals surface area contributed by atoms with Gasteiger partial charge in [0.15, 0.2) is 0 Å². The van der Waals surface area contributed by atoms with Crippen LogP contribution in [-0.4, -0.2) is 0 Å². The van der Waals surface area contributed by atoms with Crippen molar-refractivity contribution in [3.8, 4) is 0 Å². The van der Waals surface area contributed by atoms with E-state index in [4.69, 9.17) is 0 Å². The van der Waals surface area contributed by atoms with Gasteiger partial charge in [-0.25, -0.2) is 0 Å². The fourth-order valence-corrected chi connectivity index (χ4v) is 2.63. The van der Waals surface area contributed by atoms with Crippen LogP contribution in [0.2, 0.25) is 0 Å². The van der Waals surface area contributed by atoms with Gasteiger partial charge in [0.05, 0.1) is 0 Å². The summed E-state index contributed by atoms with van der Waals surface area (Å²) in [5, 5.41) is 0. The largest absolute Gasteiger partial charge is 0.0587 e. The van der Waals surface area contributed by atoms with Gasteiger partial charge in [-0.15, -0.1) is 0 Å². The van der Waals surface area contributed by atoms with Crippen LogP contribution < -0.4 is 0 Å². The Hall–Kier alpha value is -0.780. The Morgan fingerprint density at radius 2 is 1.24 bits per heavy atom. The van der Waals surface area contributed by atoms with Crippen molar-refractivity contribution in [2.75, 3.05) is 0 Å². The molecule has 0 spiro atoms. The predicted molar refractivity (Wildman–Crippen MR) is 73.7 cm³/mol. The molecule has 0 heterocycles. The van der Waals surface area contributed by atoms with Gasteiger partial charge in [0.2, 0.25) is 0 Å². The maximum atomic E-state index is 2.51. The Bertz CT molecular complexity index is 409. The highest BCUT2D eigenvalue weighted by Crippen LogP contribution is 2.52. The van der Waals surface area contributed by atoms with Crippen LogP contribution in [0.5, 0.6) is 0 Å². The molecule has 2 aliphatic carbocycles. The fourth-order valence-electron chi connectivity index (χ4n) is 2.63. The second-order valence-electron chi connectivity index (χ2n) is 7.12. The molecule has 1 aromatic carbocycles. The average Bonchev–Trinajstić information content (AvgIpc) is 3.19. The van der Waals surface area contributed by atoms with Crippen molar-refractivity contribution in [3.05, 3.63) is 34.9 Å². The zero-order valence-electron chi connectivity index (χ0n) is 11.6. The Balaban J connectivity index is 2.07. The van der Waals surface area contributed by atoms with Gasteiger partial charge in [0, 0.05) is 0 Å². The lowest BCUT2D eigenvalue weighted by Crippen LogP contribution is -2.07. The first-order chi connectivity index (χ1) is 7.93. The van der Waals surface area contributed by atoms with Gasteiger partial charge in [-0.2, -0.15) is 0 Å². The molecule has 0 atom stereocenters. The molecule has 1 aromatic rings. The monoisotopic (exact) mass is 228 g/mol. The van der Waals surface area contributed by atoms with E-state index < -0.39 is 0 Å². The summed E-state index contributed by atoms with van der Waals surface area (Å²) in [6, 6.07) is 7.44. The van der Waals surface area contributed by atoms with Crippen molar-refractivity contribution in [2.45, 2.75) is 70.1 Å². The third-order valence-corrected chi connectivity index (χ3v) is 5.02. The quantitative estimate of drug-likeness (QED) is 0.689. The summed E-state index contributed by atoms with van der Waals surface area (Å²) in [7, 11) is 0. The topological polar surface area (TPSA) is 0 Å². The molecule has 0 bridgehead atoms. The molecule has 2 saturated carbocycles. The molecule has 2 fully saturated rings. The first-order valence-electron chi connectivity index (χ1n) is 7.09. The minimum Gasteiger partial charge on any atom is -0.0587 e. The second-order valence-corrected chi connectivity index (χ2v) is 7.12. The number of hydrogen-bond donors (Lipinski definition) is 0. The molecule has 0 radical (unpaired) electrons. The summed E-state index contributed by atoms with van der Waals surface area (Å²) in [6.45, 7) is 9.47. The third kappa shape index (κ3) is 1.92. The standard InChI is InChI=1S/C17H24/c1-12(2)13-9-14(16(3)5-6-16)11-15(10-13)17(4)7-8-17/h9-12H,5-8H2,1-4H3. The van der Waals surface area contributed by atoms with Crippen LogP contribution >= 0.6 is 0 Å². The van der Waals surface area contributed by atoms with Crippen LogP contribution in [0.15, 0.2) is 18.2 Å².